The molecule has 3 heterocycles. The van der Waals surface area contributed by atoms with Crippen molar-refractivity contribution in [2.45, 2.75) is 39.8 Å². The van der Waals surface area contributed by atoms with Crippen molar-refractivity contribution >= 4 is 23.0 Å². The molecule has 5 rings (SSSR count). The maximum atomic E-state index is 13.6. The third kappa shape index (κ3) is 3.88. The van der Waals surface area contributed by atoms with Crippen molar-refractivity contribution in [2.24, 2.45) is 0 Å². The quantitative estimate of drug-likeness (QED) is 0.349. The molecule has 0 saturated carbocycles. The predicted molar refractivity (Wildman–Crippen MR) is 139 cm³/mol. The highest BCUT2D eigenvalue weighted by Gasteiger charge is 2.42. The normalized spacial score (nSPS) is 17.8. The van der Waals surface area contributed by atoms with E-state index in [0.29, 0.717) is 5.11 Å². The molecule has 4 nitrogen and oxygen atoms in total. The van der Waals surface area contributed by atoms with Gasteiger partial charge in [-0.1, -0.05) is 12.1 Å². The molecule has 0 unspecified atom stereocenters. The summed E-state index contributed by atoms with van der Waals surface area (Å²) in [6.45, 7) is 8.41. The lowest BCUT2D eigenvalue weighted by Crippen LogP contribution is -2.29. The lowest BCUT2D eigenvalue weighted by molar-refractivity contribution is 0.565. The van der Waals surface area contributed by atoms with Crippen LogP contribution in [0.25, 0.3) is 5.69 Å². The highest BCUT2D eigenvalue weighted by molar-refractivity contribution is 7.80. The van der Waals surface area contributed by atoms with E-state index in [1.165, 1.54) is 23.3 Å². The van der Waals surface area contributed by atoms with Gasteiger partial charge in [0.15, 0.2) is 5.11 Å². The second-order valence-corrected chi connectivity index (χ2v) is 9.37. The Bertz CT molecular complexity index is 1340. The summed E-state index contributed by atoms with van der Waals surface area (Å²) in [4.78, 5) is 6.88. The number of nitrogens with one attached hydrogen (secondary N) is 1. The van der Waals surface area contributed by atoms with E-state index in [-0.39, 0.29) is 17.9 Å². The summed E-state index contributed by atoms with van der Waals surface area (Å²) >= 11 is 5.89. The molecule has 172 valence electrons. The number of hydrogen-bond donors (Lipinski definition) is 1. The zero-order chi connectivity index (χ0) is 24.0. The second-order valence-electron chi connectivity index (χ2n) is 8.98. The third-order valence-corrected chi connectivity index (χ3v) is 6.77. The fourth-order valence-electron chi connectivity index (χ4n) is 5.11. The lowest BCUT2D eigenvalue weighted by atomic mass is 9.96. The van der Waals surface area contributed by atoms with Crippen molar-refractivity contribution < 1.29 is 4.39 Å². The molecule has 2 atom stereocenters. The number of pyridine rings is 1. The van der Waals surface area contributed by atoms with Gasteiger partial charge < -0.3 is 14.8 Å². The first-order chi connectivity index (χ1) is 16.3. The Morgan fingerprint density at radius 1 is 0.882 bits per heavy atom. The van der Waals surface area contributed by atoms with Crippen LogP contribution in [0.4, 0.5) is 10.1 Å². The number of benzene rings is 2. The van der Waals surface area contributed by atoms with Crippen LogP contribution in [0.1, 0.15) is 45.9 Å². The summed E-state index contributed by atoms with van der Waals surface area (Å²) < 4.78 is 15.8. The van der Waals surface area contributed by atoms with Gasteiger partial charge in [0.2, 0.25) is 0 Å². The first-order valence-corrected chi connectivity index (χ1v) is 11.8. The molecule has 4 aromatic rings. The minimum Gasteiger partial charge on any atom is -0.351 e. The van der Waals surface area contributed by atoms with Crippen LogP contribution < -0.4 is 10.2 Å². The Balaban J connectivity index is 1.69. The van der Waals surface area contributed by atoms with Gasteiger partial charge >= 0.3 is 0 Å². The van der Waals surface area contributed by atoms with Crippen LogP contribution in [-0.2, 0) is 0 Å². The van der Waals surface area contributed by atoms with E-state index in [1.807, 2.05) is 36.5 Å². The predicted octanol–water partition coefficient (Wildman–Crippen LogP) is 6.42. The number of hydrogen-bond acceptors (Lipinski definition) is 2. The van der Waals surface area contributed by atoms with Crippen LogP contribution in [0.5, 0.6) is 0 Å². The topological polar surface area (TPSA) is 33.1 Å². The molecular weight excluding hydrogens is 443 g/mol. The van der Waals surface area contributed by atoms with Crippen molar-refractivity contribution in [3.8, 4) is 5.69 Å². The van der Waals surface area contributed by atoms with Gasteiger partial charge in [0.25, 0.3) is 0 Å². The summed E-state index contributed by atoms with van der Waals surface area (Å²) in [7, 11) is 0. The Morgan fingerprint density at radius 2 is 1.59 bits per heavy atom. The zero-order valence-electron chi connectivity index (χ0n) is 19.7. The fourth-order valence-corrected chi connectivity index (χ4v) is 5.46. The highest BCUT2D eigenvalue weighted by atomic mass is 32.1. The van der Waals surface area contributed by atoms with E-state index < -0.39 is 0 Å². The molecule has 0 radical (unpaired) electrons. The van der Waals surface area contributed by atoms with E-state index >= 15 is 0 Å². The van der Waals surface area contributed by atoms with Crippen molar-refractivity contribution in [3.05, 3.63) is 113 Å². The number of rotatable bonds is 4. The molecule has 1 saturated heterocycles. The van der Waals surface area contributed by atoms with E-state index in [4.69, 9.17) is 12.2 Å². The number of aromatic nitrogens is 2. The molecule has 1 fully saturated rings. The van der Waals surface area contributed by atoms with Crippen molar-refractivity contribution in [1.29, 1.82) is 0 Å². The minimum atomic E-state index is -0.243. The van der Waals surface area contributed by atoms with Gasteiger partial charge in [0, 0.05) is 29.0 Å². The molecule has 0 aliphatic carbocycles. The van der Waals surface area contributed by atoms with Crippen LogP contribution >= 0.6 is 12.2 Å². The Morgan fingerprint density at radius 3 is 2.24 bits per heavy atom. The molecule has 0 amide bonds. The standard InChI is InChI=1S/C28H27FN4S/c1-17-13-18(2)15-23(14-17)33-27(26(31-28(33)34)25-7-5-6-12-30-25)24-16-19(3)32(20(24)4)22-10-8-21(29)9-11-22/h5-16,26-27H,1-4H3,(H,31,34)/t26-,27-/m0/s1. The smallest absolute Gasteiger partial charge is 0.174 e. The number of aryl methyl sites for hydroxylation is 3. The highest BCUT2D eigenvalue weighted by Crippen LogP contribution is 2.44. The fraction of sp³-hybridized carbons (Fsp3) is 0.214. The van der Waals surface area contributed by atoms with E-state index in [0.717, 1.165) is 34.0 Å². The zero-order valence-corrected chi connectivity index (χ0v) is 20.5. The summed E-state index contributed by atoms with van der Waals surface area (Å²) in [5.74, 6) is -0.243. The van der Waals surface area contributed by atoms with E-state index in [2.05, 4.69) is 71.7 Å². The Kier molecular flexibility index (Phi) is 5.70. The summed E-state index contributed by atoms with van der Waals surface area (Å²) in [6, 6.07) is 21.1. The number of thiocarbonyl (C=S) groups is 1. The molecule has 6 heteroatoms. The molecule has 1 aliphatic heterocycles. The van der Waals surface area contributed by atoms with Gasteiger partial charge in [0.1, 0.15) is 5.82 Å². The second kappa shape index (κ2) is 8.69. The molecule has 1 aliphatic rings. The molecule has 2 aromatic heterocycles. The van der Waals surface area contributed by atoms with E-state index in [1.54, 1.807) is 0 Å². The van der Waals surface area contributed by atoms with Gasteiger partial charge in [-0.15, -0.1) is 0 Å². The average molecular weight is 471 g/mol. The van der Waals surface area contributed by atoms with Gasteiger partial charge in [-0.05, 0) is 111 Å². The first-order valence-electron chi connectivity index (χ1n) is 11.4. The van der Waals surface area contributed by atoms with Crippen LogP contribution in [0.2, 0.25) is 0 Å². The number of anilines is 1. The molecular formula is C28H27FN4S. The lowest BCUT2D eigenvalue weighted by Gasteiger charge is -2.29. The first kappa shape index (κ1) is 22.3. The van der Waals surface area contributed by atoms with Crippen molar-refractivity contribution in [3.63, 3.8) is 0 Å². The largest absolute Gasteiger partial charge is 0.351 e. The molecule has 34 heavy (non-hydrogen) atoms. The van der Waals surface area contributed by atoms with Crippen LogP contribution in [-0.4, -0.2) is 14.7 Å². The minimum absolute atomic E-state index is 0.0935. The van der Waals surface area contributed by atoms with Gasteiger partial charge in [0.05, 0.1) is 17.8 Å². The van der Waals surface area contributed by atoms with Crippen LogP contribution in [0.3, 0.4) is 0 Å². The summed E-state index contributed by atoms with van der Waals surface area (Å²) in [6.07, 6.45) is 1.82. The monoisotopic (exact) mass is 470 g/mol. The van der Waals surface area contributed by atoms with E-state index in [9.17, 15) is 4.39 Å². The van der Waals surface area contributed by atoms with Crippen molar-refractivity contribution in [2.75, 3.05) is 4.90 Å². The maximum absolute atomic E-state index is 13.6. The van der Waals surface area contributed by atoms with Crippen molar-refractivity contribution in [1.82, 2.24) is 14.9 Å². The molecule has 0 bridgehead atoms. The molecule has 2 aromatic carbocycles. The number of halogens is 1. The Labute approximate surface area is 205 Å². The number of nitrogens with zero attached hydrogens (tertiary/aromatic N) is 3. The van der Waals surface area contributed by atoms with Crippen LogP contribution in [0, 0.1) is 33.5 Å². The molecule has 0 spiro atoms. The maximum Gasteiger partial charge on any atom is 0.174 e. The average Bonchev–Trinajstić information content (AvgIpc) is 3.30. The Hall–Kier alpha value is -3.51. The summed E-state index contributed by atoms with van der Waals surface area (Å²) in [5, 5.41) is 4.22. The van der Waals surface area contributed by atoms with Gasteiger partial charge in [-0.25, -0.2) is 4.39 Å². The SMILES string of the molecule is Cc1cc(C)cc(N2C(=S)N[C@@H](c3ccccn3)[C@@H]2c2cc(C)n(-c3ccc(F)cc3)c2C)c1. The summed E-state index contributed by atoms with van der Waals surface area (Å²) in [5.41, 5.74) is 8.64. The molecule has 1 N–H and O–H groups in total. The van der Waals surface area contributed by atoms with Crippen LogP contribution in [0.15, 0.2) is 72.9 Å². The van der Waals surface area contributed by atoms with Gasteiger partial charge in [-0.3, -0.25) is 4.98 Å². The third-order valence-electron chi connectivity index (χ3n) is 6.46. The van der Waals surface area contributed by atoms with Gasteiger partial charge in [-0.2, -0.15) is 0 Å².